The van der Waals surface area contributed by atoms with Gasteiger partial charge in [0.25, 0.3) is 0 Å². The highest BCUT2D eigenvalue weighted by Gasteiger charge is 1.98. The van der Waals surface area contributed by atoms with Crippen LogP contribution in [0.15, 0.2) is 0 Å². The summed E-state index contributed by atoms with van der Waals surface area (Å²) in [5.41, 5.74) is 0. The number of terminal acetylenes is 1. The molecule has 0 heterocycles. The molecule has 0 aromatic heterocycles. The van der Waals surface area contributed by atoms with Crippen molar-refractivity contribution in [2.24, 2.45) is 0 Å². The van der Waals surface area contributed by atoms with Crippen molar-refractivity contribution in [3.05, 3.63) is 0 Å². The van der Waals surface area contributed by atoms with Crippen LogP contribution in [-0.4, -0.2) is 91.0 Å². The summed E-state index contributed by atoms with van der Waals surface area (Å²) in [6, 6.07) is 0. The van der Waals surface area contributed by atoms with Crippen molar-refractivity contribution < 1.29 is 33.3 Å². The third-order valence-corrected chi connectivity index (χ3v) is 3.17. The van der Waals surface area contributed by atoms with E-state index in [0.29, 0.717) is 92.0 Å². The fourth-order valence-electron chi connectivity index (χ4n) is 1.82. The maximum Gasteiger partial charge on any atom is 0.221 e. The van der Waals surface area contributed by atoms with Gasteiger partial charge in [0.1, 0.15) is 0 Å². The van der Waals surface area contributed by atoms with Crippen LogP contribution < -0.4 is 10.6 Å². The SMILES string of the molecule is C#CCCC(=O)NCCOCCOCCOCCOCCOCCNC(C)=O. The molecule has 0 aliphatic rings. The second kappa shape index (κ2) is 21.6. The summed E-state index contributed by atoms with van der Waals surface area (Å²) in [5.74, 6) is 2.29. The first-order valence-electron chi connectivity index (χ1n) is 9.50. The molecule has 0 aliphatic carbocycles. The van der Waals surface area contributed by atoms with Crippen LogP contribution in [0, 0.1) is 12.3 Å². The molecule has 0 fully saturated rings. The average Bonchev–Trinajstić information content (AvgIpc) is 2.67. The van der Waals surface area contributed by atoms with Crippen molar-refractivity contribution in [1.82, 2.24) is 10.6 Å². The van der Waals surface area contributed by atoms with E-state index in [1.54, 1.807) is 0 Å². The fourth-order valence-corrected chi connectivity index (χ4v) is 1.82. The Morgan fingerprint density at radius 3 is 1.50 bits per heavy atom. The summed E-state index contributed by atoms with van der Waals surface area (Å²) in [5, 5.41) is 5.36. The molecule has 0 aromatic rings. The Morgan fingerprint density at radius 1 is 0.714 bits per heavy atom. The number of carbonyl (C=O) groups is 2. The highest BCUT2D eigenvalue weighted by atomic mass is 16.6. The standard InChI is InChI=1S/C19H34N2O7/c1-3-4-5-19(23)21-7-9-25-11-13-27-15-17-28-16-14-26-12-10-24-8-6-20-18(2)22/h1H,4-17H2,2H3,(H,20,22)(H,21,23). The number of carbonyl (C=O) groups excluding carboxylic acids is 2. The molecule has 2 amide bonds. The molecule has 0 spiro atoms. The third-order valence-electron chi connectivity index (χ3n) is 3.17. The quantitative estimate of drug-likeness (QED) is 0.213. The highest BCUT2D eigenvalue weighted by molar-refractivity contribution is 5.76. The molecule has 0 rings (SSSR count). The largest absolute Gasteiger partial charge is 0.377 e. The van der Waals surface area contributed by atoms with Gasteiger partial charge in [-0.2, -0.15) is 0 Å². The minimum Gasteiger partial charge on any atom is -0.377 e. The first-order valence-corrected chi connectivity index (χ1v) is 9.50. The van der Waals surface area contributed by atoms with Gasteiger partial charge in [0.2, 0.25) is 11.8 Å². The van der Waals surface area contributed by atoms with Crippen molar-refractivity contribution in [2.75, 3.05) is 79.2 Å². The average molecular weight is 402 g/mol. The van der Waals surface area contributed by atoms with Crippen molar-refractivity contribution in [1.29, 1.82) is 0 Å². The second-order valence-electron chi connectivity index (χ2n) is 5.60. The lowest BCUT2D eigenvalue weighted by Gasteiger charge is -2.08. The Bertz CT molecular complexity index is 427. The maximum atomic E-state index is 11.3. The van der Waals surface area contributed by atoms with Gasteiger partial charge in [-0.3, -0.25) is 9.59 Å². The molecule has 0 saturated carbocycles. The topological polar surface area (TPSA) is 104 Å². The zero-order valence-corrected chi connectivity index (χ0v) is 16.8. The van der Waals surface area contributed by atoms with Crippen molar-refractivity contribution >= 4 is 11.8 Å². The zero-order valence-electron chi connectivity index (χ0n) is 16.8. The number of hydrogen-bond donors (Lipinski definition) is 2. The smallest absolute Gasteiger partial charge is 0.221 e. The Balaban J connectivity index is 3.08. The Kier molecular flexibility index (Phi) is 20.3. The first kappa shape index (κ1) is 26.3. The Hall–Kier alpha value is -1.70. The molecular weight excluding hydrogens is 368 g/mol. The molecule has 0 radical (unpaired) electrons. The number of rotatable bonds is 20. The van der Waals surface area contributed by atoms with Gasteiger partial charge < -0.3 is 34.3 Å². The summed E-state index contributed by atoms with van der Waals surface area (Å²) >= 11 is 0. The Labute approximate surface area is 167 Å². The van der Waals surface area contributed by atoms with Gasteiger partial charge in [0.05, 0.1) is 66.1 Å². The lowest BCUT2D eigenvalue weighted by molar-refractivity contribution is -0.121. The Morgan fingerprint density at radius 2 is 1.11 bits per heavy atom. The van der Waals surface area contributed by atoms with E-state index in [0.717, 1.165) is 0 Å². The molecule has 0 saturated heterocycles. The van der Waals surface area contributed by atoms with Gasteiger partial charge in [-0.05, 0) is 0 Å². The van der Waals surface area contributed by atoms with E-state index in [-0.39, 0.29) is 11.8 Å². The van der Waals surface area contributed by atoms with E-state index in [2.05, 4.69) is 16.6 Å². The third kappa shape index (κ3) is 22.3. The second-order valence-corrected chi connectivity index (χ2v) is 5.60. The van der Waals surface area contributed by atoms with Crippen molar-refractivity contribution in [3.8, 4) is 12.3 Å². The van der Waals surface area contributed by atoms with E-state index in [1.165, 1.54) is 6.92 Å². The van der Waals surface area contributed by atoms with Gasteiger partial charge in [-0.15, -0.1) is 12.3 Å². The summed E-state index contributed by atoms with van der Waals surface area (Å²) in [4.78, 5) is 21.9. The van der Waals surface area contributed by atoms with E-state index in [4.69, 9.17) is 30.1 Å². The summed E-state index contributed by atoms with van der Waals surface area (Å²) in [6.07, 6.45) is 5.88. The molecule has 0 aromatic carbocycles. The molecule has 0 unspecified atom stereocenters. The predicted octanol–water partition coefficient (Wildman–Crippen LogP) is -0.265. The van der Waals surface area contributed by atoms with Gasteiger partial charge in [-0.25, -0.2) is 0 Å². The van der Waals surface area contributed by atoms with Crippen molar-refractivity contribution in [2.45, 2.75) is 19.8 Å². The van der Waals surface area contributed by atoms with Gasteiger partial charge in [0.15, 0.2) is 0 Å². The van der Waals surface area contributed by atoms with Crippen LogP contribution >= 0.6 is 0 Å². The number of hydrogen-bond acceptors (Lipinski definition) is 7. The lowest BCUT2D eigenvalue weighted by Crippen LogP contribution is -2.27. The van der Waals surface area contributed by atoms with E-state index >= 15 is 0 Å². The molecule has 0 aliphatic heterocycles. The van der Waals surface area contributed by atoms with Crippen LogP contribution in [0.4, 0.5) is 0 Å². The van der Waals surface area contributed by atoms with Crippen LogP contribution in [0.1, 0.15) is 19.8 Å². The first-order chi connectivity index (χ1) is 13.7. The van der Waals surface area contributed by atoms with Crippen LogP contribution in [0.25, 0.3) is 0 Å². The summed E-state index contributed by atoms with van der Waals surface area (Å²) in [7, 11) is 0. The molecule has 0 atom stereocenters. The minimum absolute atomic E-state index is 0.0616. The normalized spacial score (nSPS) is 10.4. The predicted molar refractivity (Wildman–Crippen MR) is 104 cm³/mol. The van der Waals surface area contributed by atoms with E-state index in [9.17, 15) is 9.59 Å². The van der Waals surface area contributed by atoms with Crippen LogP contribution in [0.2, 0.25) is 0 Å². The summed E-state index contributed by atoms with van der Waals surface area (Å²) in [6.45, 7) is 7.22. The highest BCUT2D eigenvalue weighted by Crippen LogP contribution is 1.86. The zero-order chi connectivity index (χ0) is 20.7. The number of nitrogens with one attached hydrogen (secondary N) is 2. The summed E-state index contributed by atoms with van der Waals surface area (Å²) < 4.78 is 26.7. The molecular formula is C19H34N2O7. The number of amides is 2. The van der Waals surface area contributed by atoms with Crippen LogP contribution in [-0.2, 0) is 33.3 Å². The van der Waals surface area contributed by atoms with Gasteiger partial charge in [0, 0.05) is 32.9 Å². The molecule has 162 valence electrons. The number of ether oxygens (including phenoxy) is 5. The monoisotopic (exact) mass is 402 g/mol. The van der Waals surface area contributed by atoms with Crippen molar-refractivity contribution in [3.63, 3.8) is 0 Å². The minimum atomic E-state index is -0.0636. The van der Waals surface area contributed by atoms with E-state index in [1.807, 2.05) is 0 Å². The lowest BCUT2D eigenvalue weighted by atomic mass is 10.3. The van der Waals surface area contributed by atoms with Gasteiger partial charge >= 0.3 is 0 Å². The fraction of sp³-hybridized carbons (Fsp3) is 0.789. The molecule has 9 nitrogen and oxygen atoms in total. The molecule has 2 N–H and O–H groups in total. The van der Waals surface area contributed by atoms with Gasteiger partial charge in [-0.1, -0.05) is 0 Å². The molecule has 28 heavy (non-hydrogen) atoms. The molecule has 9 heteroatoms. The van der Waals surface area contributed by atoms with Crippen LogP contribution in [0.3, 0.4) is 0 Å². The van der Waals surface area contributed by atoms with E-state index < -0.39 is 0 Å². The molecule has 0 bridgehead atoms. The maximum absolute atomic E-state index is 11.3. The van der Waals surface area contributed by atoms with Crippen LogP contribution in [0.5, 0.6) is 0 Å².